The molecule has 6 heteroatoms. The number of benzene rings is 1. The third kappa shape index (κ3) is 3.53. The number of nitro groups is 1. The Kier molecular flexibility index (Phi) is 4.17. The number of carbonyl (C=O) groups excluding carboxylic acids is 1. The van der Waals surface area contributed by atoms with E-state index in [1.165, 1.54) is 24.3 Å². The Morgan fingerprint density at radius 2 is 1.88 bits per heavy atom. The van der Waals surface area contributed by atoms with Gasteiger partial charge in [-0.15, -0.1) is 0 Å². The third-order valence-electron chi connectivity index (χ3n) is 1.99. The zero-order valence-corrected chi connectivity index (χ0v) is 9.49. The molecule has 0 radical (unpaired) electrons. The molecule has 1 unspecified atom stereocenters. The van der Waals surface area contributed by atoms with E-state index in [4.69, 9.17) is 4.74 Å². The zero-order valence-electron chi connectivity index (χ0n) is 9.49. The summed E-state index contributed by atoms with van der Waals surface area (Å²) >= 11 is 0. The van der Waals surface area contributed by atoms with E-state index >= 15 is 0 Å². The fourth-order valence-corrected chi connectivity index (χ4v) is 1.21. The molecule has 1 atom stereocenters. The van der Waals surface area contributed by atoms with Gasteiger partial charge in [-0.2, -0.15) is 0 Å². The van der Waals surface area contributed by atoms with Gasteiger partial charge in [-0.05, 0) is 31.5 Å². The van der Waals surface area contributed by atoms with Gasteiger partial charge >= 0.3 is 5.97 Å². The van der Waals surface area contributed by atoms with Gasteiger partial charge in [0.15, 0.2) is 6.10 Å². The Bertz CT molecular complexity index is 412. The lowest BCUT2D eigenvalue weighted by atomic mass is 10.1. The van der Waals surface area contributed by atoms with Crippen LogP contribution in [0.25, 0.3) is 0 Å². The van der Waals surface area contributed by atoms with E-state index < -0.39 is 17.0 Å². The van der Waals surface area contributed by atoms with Crippen LogP contribution in [0.4, 0.5) is 5.69 Å². The number of nitrogens with zero attached hydrogens (tertiary/aromatic N) is 1. The van der Waals surface area contributed by atoms with E-state index in [0.717, 1.165) is 0 Å². The van der Waals surface area contributed by atoms with Crippen LogP contribution in [-0.4, -0.2) is 22.1 Å². The van der Waals surface area contributed by atoms with Crippen molar-refractivity contribution in [2.24, 2.45) is 0 Å². The van der Waals surface area contributed by atoms with Crippen LogP contribution in [0.15, 0.2) is 24.3 Å². The van der Waals surface area contributed by atoms with E-state index in [1.54, 1.807) is 13.8 Å². The van der Waals surface area contributed by atoms with Crippen molar-refractivity contribution in [3.63, 3.8) is 0 Å². The molecule has 0 aliphatic carbocycles. The molecule has 0 saturated heterocycles. The van der Waals surface area contributed by atoms with Crippen molar-refractivity contribution in [1.29, 1.82) is 0 Å². The van der Waals surface area contributed by atoms with Crippen molar-refractivity contribution >= 4 is 11.7 Å². The van der Waals surface area contributed by atoms with E-state index in [2.05, 4.69) is 0 Å². The maximum absolute atomic E-state index is 11.4. The molecule has 0 aromatic heterocycles. The summed E-state index contributed by atoms with van der Waals surface area (Å²) in [5.41, 5.74) is 0.166. The molecular weight excluding hydrogens is 226 g/mol. The van der Waals surface area contributed by atoms with Gasteiger partial charge in [-0.3, -0.25) is 10.1 Å². The molecule has 6 nitrogen and oxygen atoms in total. The predicted octanol–water partition coefficient (Wildman–Crippen LogP) is 1.58. The van der Waals surface area contributed by atoms with E-state index in [9.17, 15) is 20.0 Å². The van der Waals surface area contributed by atoms with Crippen molar-refractivity contribution in [3.05, 3.63) is 39.9 Å². The highest BCUT2D eigenvalue weighted by molar-refractivity contribution is 5.76. The van der Waals surface area contributed by atoms with Gasteiger partial charge in [0.1, 0.15) is 0 Å². The van der Waals surface area contributed by atoms with E-state index in [-0.39, 0.29) is 17.4 Å². The van der Waals surface area contributed by atoms with Crippen LogP contribution in [0, 0.1) is 10.1 Å². The van der Waals surface area contributed by atoms with Gasteiger partial charge in [-0.1, -0.05) is 0 Å². The van der Waals surface area contributed by atoms with Crippen LogP contribution in [0.5, 0.6) is 0 Å². The third-order valence-corrected chi connectivity index (χ3v) is 1.99. The van der Waals surface area contributed by atoms with Crippen molar-refractivity contribution in [2.75, 3.05) is 0 Å². The highest BCUT2D eigenvalue weighted by atomic mass is 16.6. The Balaban J connectivity index is 2.79. The molecule has 1 N–H and O–H groups in total. The minimum absolute atomic E-state index is 0.0989. The highest BCUT2D eigenvalue weighted by Crippen LogP contribution is 2.19. The normalized spacial score (nSPS) is 12.2. The zero-order chi connectivity index (χ0) is 13.0. The fourth-order valence-electron chi connectivity index (χ4n) is 1.21. The average molecular weight is 239 g/mol. The number of hydrogen-bond acceptors (Lipinski definition) is 5. The number of nitro benzene ring substituents is 1. The van der Waals surface area contributed by atoms with Gasteiger partial charge in [-0.25, -0.2) is 4.79 Å². The molecule has 0 fully saturated rings. The van der Waals surface area contributed by atoms with Gasteiger partial charge in [0.05, 0.1) is 11.0 Å². The van der Waals surface area contributed by atoms with Gasteiger partial charge < -0.3 is 9.84 Å². The molecule has 1 aromatic carbocycles. The molecule has 0 saturated carbocycles. The van der Waals surface area contributed by atoms with Crippen molar-refractivity contribution < 1.29 is 19.6 Å². The van der Waals surface area contributed by atoms with Crippen LogP contribution in [-0.2, 0) is 9.53 Å². The first-order chi connectivity index (χ1) is 7.91. The Morgan fingerprint density at radius 3 is 2.29 bits per heavy atom. The molecule has 0 aliphatic rings. The largest absolute Gasteiger partial charge is 0.461 e. The Labute approximate surface area is 98.0 Å². The average Bonchev–Trinajstić information content (AvgIpc) is 2.27. The summed E-state index contributed by atoms with van der Waals surface area (Å²) in [6.07, 6.45) is -1.74. The molecular formula is C11H13NO5. The molecule has 0 amide bonds. The lowest BCUT2D eigenvalue weighted by molar-refractivity contribution is -0.384. The van der Waals surface area contributed by atoms with E-state index in [1.807, 2.05) is 0 Å². The number of aliphatic hydroxyl groups is 1. The number of aliphatic hydroxyl groups excluding tert-OH is 1. The summed E-state index contributed by atoms with van der Waals surface area (Å²) in [6, 6.07) is 5.09. The molecule has 17 heavy (non-hydrogen) atoms. The SMILES string of the molecule is CC(C)OC(=O)C(O)c1ccc([N+](=O)[O-])cc1. The Morgan fingerprint density at radius 1 is 1.35 bits per heavy atom. The van der Waals surface area contributed by atoms with Crippen LogP contribution in [0.2, 0.25) is 0 Å². The number of rotatable bonds is 4. The first-order valence-corrected chi connectivity index (χ1v) is 5.04. The number of hydrogen-bond donors (Lipinski definition) is 1. The summed E-state index contributed by atoms with van der Waals surface area (Å²) in [6.45, 7) is 3.33. The summed E-state index contributed by atoms with van der Waals surface area (Å²) in [4.78, 5) is 21.2. The quantitative estimate of drug-likeness (QED) is 0.489. The Hall–Kier alpha value is -1.95. The van der Waals surface area contributed by atoms with Crippen LogP contribution in [0.3, 0.4) is 0 Å². The van der Waals surface area contributed by atoms with Crippen molar-refractivity contribution in [2.45, 2.75) is 26.1 Å². The monoisotopic (exact) mass is 239 g/mol. The van der Waals surface area contributed by atoms with Crippen molar-refractivity contribution in [3.8, 4) is 0 Å². The van der Waals surface area contributed by atoms with Crippen molar-refractivity contribution in [1.82, 2.24) is 0 Å². The molecule has 0 spiro atoms. The molecule has 0 heterocycles. The van der Waals surface area contributed by atoms with Gasteiger partial charge in [0.2, 0.25) is 0 Å². The standard InChI is InChI=1S/C11H13NO5/c1-7(2)17-11(14)10(13)8-3-5-9(6-4-8)12(15)16/h3-7,10,13H,1-2H3. The number of non-ortho nitro benzene ring substituents is 1. The van der Waals surface area contributed by atoms with Gasteiger partial charge in [0, 0.05) is 12.1 Å². The number of carbonyl (C=O) groups is 1. The second-order valence-corrected chi connectivity index (χ2v) is 3.74. The highest BCUT2D eigenvalue weighted by Gasteiger charge is 2.20. The molecule has 0 bridgehead atoms. The predicted molar refractivity (Wildman–Crippen MR) is 59.3 cm³/mol. The van der Waals surface area contributed by atoms with E-state index in [0.29, 0.717) is 0 Å². The first-order valence-electron chi connectivity index (χ1n) is 5.04. The maximum atomic E-state index is 11.4. The second kappa shape index (κ2) is 5.40. The van der Waals surface area contributed by atoms with Crippen LogP contribution >= 0.6 is 0 Å². The van der Waals surface area contributed by atoms with Gasteiger partial charge in [0.25, 0.3) is 5.69 Å². The lowest BCUT2D eigenvalue weighted by Gasteiger charge is -2.12. The topological polar surface area (TPSA) is 89.7 Å². The molecule has 92 valence electrons. The maximum Gasteiger partial charge on any atom is 0.339 e. The first kappa shape index (κ1) is 13.1. The summed E-state index contributed by atoms with van der Waals surface area (Å²) < 4.78 is 4.82. The molecule has 1 aromatic rings. The minimum Gasteiger partial charge on any atom is -0.461 e. The second-order valence-electron chi connectivity index (χ2n) is 3.74. The molecule has 0 aliphatic heterocycles. The smallest absolute Gasteiger partial charge is 0.339 e. The summed E-state index contributed by atoms with van der Waals surface area (Å²) in [5, 5.41) is 20.0. The summed E-state index contributed by atoms with van der Waals surface area (Å²) in [5.74, 6) is -0.770. The summed E-state index contributed by atoms with van der Waals surface area (Å²) in [7, 11) is 0. The molecule has 1 rings (SSSR count). The number of ether oxygens (including phenoxy) is 1. The lowest BCUT2D eigenvalue weighted by Crippen LogP contribution is -2.19. The number of esters is 1. The minimum atomic E-state index is -1.42. The fraction of sp³-hybridized carbons (Fsp3) is 0.364. The van der Waals surface area contributed by atoms with Crippen LogP contribution < -0.4 is 0 Å². The van der Waals surface area contributed by atoms with Crippen LogP contribution in [0.1, 0.15) is 25.5 Å².